The number of amides is 1. The number of piperidine rings is 1. The number of hydrogen-bond donors (Lipinski definition) is 3. The van der Waals surface area contributed by atoms with Gasteiger partial charge in [-0.25, -0.2) is 4.79 Å². The molecule has 0 saturated carbocycles. The Morgan fingerprint density at radius 2 is 2.10 bits per heavy atom. The number of carbonyl (C=O) groups excluding carboxylic acids is 1. The van der Waals surface area contributed by atoms with Crippen molar-refractivity contribution in [2.75, 3.05) is 13.1 Å². The minimum atomic E-state index is -0.994. The van der Waals surface area contributed by atoms with E-state index in [0.717, 1.165) is 24.9 Å². The first-order chi connectivity index (χ1) is 9.66. The third-order valence-corrected chi connectivity index (χ3v) is 3.56. The Bertz CT molecular complexity index is 455. The van der Waals surface area contributed by atoms with Crippen molar-refractivity contribution in [2.45, 2.75) is 25.3 Å². The van der Waals surface area contributed by atoms with Crippen LogP contribution in [0, 0.1) is 5.92 Å². The molecule has 1 saturated heterocycles. The van der Waals surface area contributed by atoms with Crippen molar-refractivity contribution >= 4 is 11.9 Å². The van der Waals surface area contributed by atoms with Crippen LogP contribution in [0.4, 0.5) is 0 Å². The fraction of sp³-hybridized carbons (Fsp3) is 0.467. The van der Waals surface area contributed by atoms with Gasteiger partial charge in [-0.1, -0.05) is 30.3 Å². The molecule has 0 unspecified atom stereocenters. The van der Waals surface area contributed by atoms with Gasteiger partial charge in [-0.15, -0.1) is 0 Å². The highest BCUT2D eigenvalue weighted by Gasteiger charge is 2.26. The van der Waals surface area contributed by atoms with E-state index >= 15 is 0 Å². The fourth-order valence-corrected chi connectivity index (χ4v) is 2.42. The van der Waals surface area contributed by atoms with Crippen LogP contribution in [0.5, 0.6) is 0 Å². The Kier molecular flexibility index (Phi) is 5.12. The Balaban J connectivity index is 1.95. The zero-order valence-corrected chi connectivity index (χ0v) is 11.3. The molecule has 0 aliphatic carbocycles. The molecule has 1 aromatic rings. The average molecular weight is 276 g/mol. The van der Waals surface area contributed by atoms with Gasteiger partial charge in [0, 0.05) is 13.0 Å². The highest BCUT2D eigenvalue weighted by molar-refractivity contribution is 5.85. The van der Waals surface area contributed by atoms with E-state index in [-0.39, 0.29) is 11.8 Å². The first-order valence-corrected chi connectivity index (χ1v) is 6.94. The predicted molar refractivity (Wildman–Crippen MR) is 75.3 cm³/mol. The molecule has 1 heterocycles. The molecule has 1 amide bonds. The maximum absolute atomic E-state index is 12.1. The van der Waals surface area contributed by atoms with Crippen molar-refractivity contribution in [1.29, 1.82) is 0 Å². The third-order valence-electron chi connectivity index (χ3n) is 3.56. The van der Waals surface area contributed by atoms with E-state index in [0.29, 0.717) is 13.0 Å². The predicted octanol–water partition coefficient (Wildman–Crippen LogP) is 0.798. The third kappa shape index (κ3) is 4.06. The van der Waals surface area contributed by atoms with Gasteiger partial charge in [0.25, 0.3) is 0 Å². The zero-order chi connectivity index (χ0) is 14.4. The van der Waals surface area contributed by atoms with Crippen molar-refractivity contribution in [2.24, 2.45) is 5.92 Å². The monoisotopic (exact) mass is 276 g/mol. The summed E-state index contributed by atoms with van der Waals surface area (Å²) in [5.74, 6) is -1.28. The van der Waals surface area contributed by atoms with Gasteiger partial charge in [0.2, 0.25) is 5.91 Å². The van der Waals surface area contributed by atoms with Crippen LogP contribution < -0.4 is 10.6 Å². The molecule has 2 atom stereocenters. The lowest BCUT2D eigenvalue weighted by Crippen LogP contribution is -2.48. The molecular formula is C15H20N2O3. The summed E-state index contributed by atoms with van der Waals surface area (Å²) in [6.45, 7) is 1.56. The molecule has 0 aromatic heterocycles. The lowest BCUT2D eigenvalue weighted by Gasteiger charge is -2.24. The number of carboxylic acid groups (broad SMARTS) is 1. The minimum absolute atomic E-state index is 0.124. The summed E-state index contributed by atoms with van der Waals surface area (Å²) in [6, 6.07) is 8.47. The smallest absolute Gasteiger partial charge is 0.326 e. The van der Waals surface area contributed by atoms with E-state index in [1.54, 1.807) is 0 Å². The summed E-state index contributed by atoms with van der Waals surface area (Å²) in [7, 11) is 0. The number of carbonyl (C=O) groups is 2. The number of carboxylic acids is 1. The maximum atomic E-state index is 12.1. The van der Waals surface area contributed by atoms with Crippen LogP contribution in [0.1, 0.15) is 18.4 Å². The SMILES string of the molecule is O=C(N[C@H](Cc1ccccc1)C(=O)O)[C@@H]1CCCNC1. The standard InChI is InChI=1S/C15H20N2O3/c18-14(12-7-4-8-16-10-12)17-13(15(19)20)9-11-5-2-1-3-6-11/h1-3,5-6,12-13,16H,4,7-10H2,(H,17,18)(H,19,20)/t12-,13-/m1/s1. The number of nitrogens with one attached hydrogen (secondary N) is 2. The summed E-state index contributed by atoms with van der Waals surface area (Å²) in [5, 5.41) is 15.1. The van der Waals surface area contributed by atoms with E-state index in [9.17, 15) is 14.7 Å². The molecule has 20 heavy (non-hydrogen) atoms. The van der Waals surface area contributed by atoms with Crippen LogP contribution in [-0.4, -0.2) is 36.1 Å². The van der Waals surface area contributed by atoms with Gasteiger partial charge in [0.05, 0.1) is 5.92 Å². The highest BCUT2D eigenvalue weighted by Crippen LogP contribution is 2.11. The Morgan fingerprint density at radius 1 is 1.35 bits per heavy atom. The molecule has 1 aromatic carbocycles. The number of benzene rings is 1. The quantitative estimate of drug-likeness (QED) is 0.743. The molecule has 1 fully saturated rings. The first kappa shape index (κ1) is 14.5. The van der Waals surface area contributed by atoms with Crippen molar-refractivity contribution in [3.63, 3.8) is 0 Å². The van der Waals surface area contributed by atoms with E-state index < -0.39 is 12.0 Å². The molecule has 2 rings (SSSR count). The van der Waals surface area contributed by atoms with Crippen molar-refractivity contribution in [3.05, 3.63) is 35.9 Å². The van der Waals surface area contributed by atoms with Gasteiger partial charge >= 0.3 is 5.97 Å². The van der Waals surface area contributed by atoms with Crippen LogP contribution in [0.3, 0.4) is 0 Å². The highest BCUT2D eigenvalue weighted by atomic mass is 16.4. The second kappa shape index (κ2) is 7.05. The van der Waals surface area contributed by atoms with Crippen LogP contribution in [0.2, 0.25) is 0 Å². The second-order valence-corrected chi connectivity index (χ2v) is 5.13. The maximum Gasteiger partial charge on any atom is 0.326 e. The molecule has 0 bridgehead atoms. The van der Waals surface area contributed by atoms with E-state index in [1.807, 2.05) is 30.3 Å². The van der Waals surface area contributed by atoms with Gasteiger partial charge in [0.15, 0.2) is 0 Å². The van der Waals surface area contributed by atoms with E-state index in [4.69, 9.17) is 0 Å². The topological polar surface area (TPSA) is 78.4 Å². The zero-order valence-electron chi connectivity index (χ0n) is 11.3. The minimum Gasteiger partial charge on any atom is -0.480 e. The summed E-state index contributed by atoms with van der Waals surface area (Å²) >= 11 is 0. The van der Waals surface area contributed by atoms with Crippen molar-refractivity contribution in [3.8, 4) is 0 Å². The van der Waals surface area contributed by atoms with Gasteiger partial charge in [-0.2, -0.15) is 0 Å². The number of hydrogen-bond acceptors (Lipinski definition) is 3. The van der Waals surface area contributed by atoms with Crippen LogP contribution in [0.15, 0.2) is 30.3 Å². The molecule has 0 spiro atoms. The average Bonchev–Trinajstić information content (AvgIpc) is 2.48. The van der Waals surface area contributed by atoms with Gasteiger partial charge in [-0.3, -0.25) is 4.79 Å². The summed E-state index contributed by atoms with van der Waals surface area (Å²) in [6.07, 6.45) is 2.08. The number of aliphatic carboxylic acids is 1. The molecule has 108 valence electrons. The van der Waals surface area contributed by atoms with Crippen LogP contribution >= 0.6 is 0 Å². The summed E-state index contributed by atoms with van der Waals surface area (Å²) in [4.78, 5) is 23.4. The van der Waals surface area contributed by atoms with Gasteiger partial charge < -0.3 is 15.7 Å². The first-order valence-electron chi connectivity index (χ1n) is 6.94. The summed E-state index contributed by atoms with van der Waals surface area (Å²) < 4.78 is 0. The van der Waals surface area contributed by atoms with Gasteiger partial charge in [-0.05, 0) is 24.9 Å². The summed E-state index contributed by atoms with van der Waals surface area (Å²) in [5.41, 5.74) is 0.905. The van der Waals surface area contributed by atoms with Gasteiger partial charge in [0.1, 0.15) is 6.04 Å². The molecule has 0 radical (unpaired) electrons. The van der Waals surface area contributed by atoms with E-state index in [2.05, 4.69) is 10.6 Å². The fourth-order valence-electron chi connectivity index (χ4n) is 2.42. The lowest BCUT2D eigenvalue weighted by atomic mass is 9.97. The Hall–Kier alpha value is -1.88. The largest absolute Gasteiger partial charge is 0.480 e. The van der Waals surface area contributed by atoms with Crippen molar-refractivity contribution in [1.82, 2.24) is 10.6 Å². The van der Waals surface area contributed by atoms with E-state index in [1.165, 1.54) is 0 Å². The molecule has 3 N–H and O–H groups in total. The second-order valence-electron chi connectivity index (χ2n) is 5.13. The molecule has 5 nitrogen and oxygen atoms in total. The van der Waals surface area contributed by atoms with Crippen molar-refractivity contribution < 1.29 is 14.7 Å². The molecule has 5 heteroatoms. The molecule has 1 aliphatic rings. The van der Waals surface area contributed by atoms with Crippen LogP contribution in [0.25, 0.3) is 0 Å². The van der Waals surface area contributed by atoms with Crippen LogP contribution in [-0.2, 0) is 16.0 Å². The lowest BCUT2D eigenvalue weighted by molar-refractivity contribution is -0.142. The number of rotatable bonds is 5. The Labute approximate surface area is 118 Å². The molecular weight excluding hydrogens is 256 g/mol. The normalized spacial score (nSPS) is 20.1. The Morgan fingerprint density at radius 3 is 2.70 bits per heavy atom. The molecule has 1 aliphatic heterocycles.